The minimum atomic E-state index is -4.53. The zero-order valence-electron chi connectivity index (χ0n) is 10.7. The average molecular weight is 360 g/mol. The molecule has 0 radical (unpaired) electrons. The van der Waals surface area contributed by atoms with Crippen LogP contribution in [-0.4, -0.2) is 15.9 Å². The highest BCUT2D eigenvalue weighted by molar-refractivity contribution is 9.10. The molecule has 0 aliphatic rings. The number of nitrogens with zero attached hydrogens (tertiary/aromatic N) is 2. The Balaban J connectivity index is 2.15. The Kier molecular flexibility index (Phi) is 4.26. The Labute approximate surface area is 126 Å². The maximum atomic E-state index is 12.4. The van der Waals surface area contributed by atoms with E-state index in [9.17, 15) is 18.0 Å². The third-order valence-corrected chi connectivity index (χ3v) is 3.43. The van der Waals surface area contributed by atoms with E-state index in [1.807, 2.05) is 6.92 Å². The molecule has 0 aliphatic heterocycles. The number of carbonyl (C=O) groups excluding carboxylic acids is 1. The van der Waals surface area contributed by atoms with Crippen LogP contribution in [0.1, 0.15) is 21.6 Å². The second-order valence-corrected chi connectivity index (χ2v) is 5.06. The maximum absolute atomic E-state index is 12.4. The highest BCUT2D eigenvalue weighted by Gasteiger charge is 2.32. The van der Waals surface area contributed by atoms with Crippen LogP contribution < -0.4 is 5.32 Å². The average Bonchev–Trinajstić information content (AvgIpc) is 2.42. The van der Waals surface area contributed by atoms with Crippen molar-refractivity contribution in [2.24, 2.45) is 0 Å². The van der Waals surface area contributed by atoms with Crippen LogP contribution in [0.15, 0.2) is 35.1 Å². The van der Waals surface area contributed by atoms with Gasteiger partial charge in [-0.15, -0.1) is 0 Å². The fraction of sp³-hybridized carbons (Fsp3) is 0.154. The van der Waals surface area contributed by atoms with E-state index in [1.54, 1.807) is 6.07 Å². The Morgan fingerprint density at radius 2 is 1.95 bits per heavy atom. The molecule has 0 bridgehead atoms. The van der Waals surface area contributed by atoms with Crippen molar-refractivity contribution in [1.29, 1.82) is 0 Å². The van der Waals surface area contributed by atoms with Crippen molar-refractivity contribution in [3.05, 3.63) is 51.9 Å². The van der Waals surface area contributed by atoms with Gasteiger partial charge in [-0.1, -0.05) is 0 Å². The van der Waals surface area contributed by atoms with E-state index in [0.29, 0.717) is 5.82 Å². The number of alkyl halides is 3. The van der Waals surface area contributed by atoms with Crippen molar-refractivity contribution in [3.8, 4) is 0 Å². The van der Waals surface area contributed by atoms with Gasteiger partial charge in [0.1, 0.15) is 11.5 Å². The van der Waals surface area contributed by atoms with E-state index in [0.717, 1.165) is 28.4 Å². The lowest BCUT2D eigenvalue weighted by atomic mass is 10.2. The second kappa shape index (κ2) is 5.80. The van der Waals surface area contributed by atoms with Gasteiger partial charge in [-0.2, -0.15) is 13.2 Å². The molecule has 21 heavy (non-hydrogen) atoms. The number of aryl methyl sites for hydroxylation is 1. The molecular weight excluding hydrogens is 351 g/mol. The first-order chi connectivity index (χ1) is 9.77. The minimum Gasteiger partial charge on any atom is -0.307 e. The number of amides is 1. The van der Waals surface area contributed by atoms with Crippen molar-refractivity contribution in [1.82, 2.24) is 9.97 Å². The van der Waals surface area contributed by atoms with Gasteiger partial charge in [-0.05, 0) is 46.6 Å². The number of hydrogen-bond donors (Lipinski definition) is 1. The summed E-state index contributed by atoms with van der Waals surface area (Å²) in [5.74, 6) is -0.272. The number of aromatic nitrogens is 2. The number of carbonyl (C=O) groups is 1. The Morgan fingerprint density at radius 1 is 1.24 bits per heavy atom. The first-order valence-electron chi connectivity index (χ1n) is 5.74. The van der Waals surface area contributed by atoms with Gasteiger partial charge in [-0.25, -0.2) is 4.98 Å². The molecule has 1 N–H and O–H groups in total. The first kappa shape index (κ1) is 15.4. The Bertz CT molecular complexity index is 671. The number of pyridine rings is 2. The molecule has 0 atom stereocenters. The predicted octanol–water partition coefficient (Wildman–Crippen LogP) is 3.82. The van der Waals surface area contributed by atoms with Gasteiger partial charge in [0.05, 0.1) is 5.56 Å². The molecule has 2 aromatic rings. The first-order valence-corrected chi connectivity index (χ1v) is 6.53. The topological polar surface area (TPSA) is 54.9 Å². The molecule has 0 aliphatic carbocycles. The fourth-order valence-corrected chi connectivity index (χ4v) is 1.71. The van der Waals surface area contributed by atoms with Crippen LogP contribution in [0.3, 0.4) is 0 Å². The normalized spacial score (nSPS) is 11.3. The highest BCUT2D eigenvalue weighted by atomic mass is 79.9. The highest BCUT2D eigenvalue weighted by Crippen LogP contribution is 2.27. The molecule has 2 aromatic heterocycles. The van der Waals surface area contributed by atoms with Crippen LogP contribution in [0.4, 0.5) is 19.0 Å². The van der Waals surface area contributed by atoms with E-state index in [2.05, 4.69) is 31.2 Å². The summed E-state index contributed by atoms with van der Waals surface area (Å²) in [6.07, 6.45) is -2.13. The maximum Gasteiger partial charge on any atom is 0.433 e. The van der Waals surface area contributed by atoms with Crippen molar-refractivity contribution < 1.29 is 18.0 Å². The smallest absolute Gasteiger partial charge is 0.307 e. The number of halogens is 4. The lowest BCUT2D eigenvalue weighted by Crippen LogP contribution is -2.15. The molecule has 8 heteroatoms. The van der Waals surface area contributed by atoms with Crippen molar-refractivity contribution >= 4 is 27.7 Å². The van der Waals surface area contributed by atoms with Gasteiger partial charge in [0.15, 0.2) is 0 Å². The SMILES string of the molecule is Cc1cc(NC(=O)c2ccc(C(F)(F)F)nc2)ncc1Br. The monoisotopic (exact) mass is 359 g/mol. The third kappa shape index (κ3) is 3.78. The summed E-state index contributed by atoms with van der Waals surface area (Å²) in [7, 11) is 0. The number of rotatable bonds is 2. The number of nitrogens with one attached hydrogen (secondary N) is 1. The summed E-state index contributed by atoms with van der Waals surface area (Å²) < 4.78 is 37.9. The van der Waals surface area contributed by atoms with Crippen LogP contribution in [0.5, 0.6) is 0 Å². The van der Waals surface area contributed by atoms with Gasteiger partial charge >= 0.3 is 6.18 Å². The molecule has 2 rings (SSSR count). The van der Waals surface area contributed by atoms with E-state index in [4.69, 9.17) is 0 Å². The van der Waals surface area contributed by atoms with E-state index in [1.165, 1.54) is 6.20 Å². The zero-order chi connectivity index (χ0) is 15.6. The van der Waals surface area contributed by atoms with Gasteiger partial charge < -0.3 is 5.32 Å². The molecule has 4 nitrogen and oxygen atoms in total. The fourth-order valence-electron chi connectivity index (χ4n) is 1.49. The van der Waals surface area contributed by atoms with Crippen LogP contribution in [0.2, 0.25) is 0 Å². The predicted molar refractivity (Wildman–Crippen MR) is 73.9 cm³/mol. The summed E-state index contributed by atoms with van der Waals surface area (Å²) in [6.45, 7) is 1.82. The van der Waals surface area contributed by atoms with Crippen LogP contribution in [-0.2, 0) is 6.18 Å². The zero-order valence-corrected chi connectivity index (χ0v) is 12.3. The molecule has 0 aromatic carbocycles. The minimum absolute atomic E-state index is 0.0189. The van der Waals surface area contributed by atoms with Gasteiger partial charge in [0.25, 0.3) is 5.91 Å². The molecule has 1 amide bonds. The number of anilines is 1. The summed E-state index contributed by atoms with van der Waals surface area (Å²) in [5, 5.41) is 2.49. The Morgan fingerprint density at radius 3 is 2.48 bits per heavy atom. The molecule has 0 fully saturated rings. The van der Waals surface area contributed by atoms with E-state index in [-0.39, 0.29) is 5.56 Å². The molecule has 0 saturated carbocycles. The summed E-state index contributed by atoms with van der Waals surface area (Å²) in [5.41, 5.74) is -0.159. The standard InChI is InChI=1S/C13H9BrF3N3O/c1-7-4-11(19-6-9(7)14)20-12(21)8-2-3-10(18-5-8)13(15,16)17/h2-6H,1H3,(H,19,20,21). The Hall–Kier alpha value is -1.96. The third-order valence-electron chi connectivity index (χ3n) is 2.60. The molecular formula is C13H9BrF3N3O. The number of hydrogen-bond acceptors (Lipinski definition) is 3. The van der Waals surface area contributed by atoms with E-state index < -0.39 is 17.8 Å². The summed E-state index contributed by atoms with van der Waals surface area (Å²) in [6, 6.07) is 3.46. The van der Waals surface area contributed by atoms with Crippen molar-refractivity contribution in [2.75, 3.05) is 5.32 Å². The van der Waals surface area contributed by atoms with Gasteiger partial charge in [0.2, 0.25) is 0 Å². The van der Waals surface area contributed by atoms with Crippen molar-refractivity contribution in [2.45, 2.75) is 13.1 Å². The van der Waals surface area contributed by atoms with E-state index >= 15 is 0 Å². The van der Waals surface area contributed by atoms with Crippen LogP contribution in [0, 0.1) is 6.92 Å². The summed E-state index contributed by atoms with van der Waals surface area (Å²) >= 11 is 3.28. The molecule has 0 spiro atoms. The molecule has 2 heterocycles. The quantitative estimate of drug-likeness (QED) is 0.886. The van der Waals surface area contributed by atoms with Crippen molar-refractivity contribution in [3.63, 3.8) is 0 Å². The van der Waals surface area contributed by atoms with Crippen LogP contribution in [0.25, 0.3) is 0 Å². The summed E-state index contributed by atoms with van der Waals surface area (Å²) in [4.78, 5) is 19.1. The molecule has 0 saturated heterocycles. The van der Waals surface area contributed by atoms with Gasteiger partial charge in [0, 0.05) is 16.9 Å². The van der Waals surface area contributed by atoms with Crippen LogP contribution >= 0.6 is 15.9 Å². The molecule has 110 valence electrons. The van der Waals surface area contributed by atoms with Gasteiger partial charge in [-0.3, -0.25) is 9.78 Å². The lowest BCUT2D eigenvalue weighted by molar-refractivity contribution is -0.141. The second-order valence-electron chi connectivity index (χ2n) is 4.20. The lowest BCUT2D eigenvalue weighted by Gasteiger charge is -2.08. The molecule has 0 unspecified atom stereocenters. The largest absolute Gasteiger partial charge is 0.433 e.